The number of furan rings is 1. The molecule has 0 aromatic carbocycles. The van der Waals surface area contributed by atoms with Gasteiger partial charge in [0.2, 0.25) is 5.82 Å². The van der Waals surface area contributed by atoms with E-state index >= 15 is 0 Å². The first kappa shape index (κ1) is 16.9. The SMILES string of the molecule is Cc1ccc(CNC(=O)c2nc(N3CCSCC3)c3cnn(C)c3n2)o1. The molecule has 0 saturated carbocycles. The first-order valence-electron chi connectivity index (χ1n) is 8.48. The lowest BCUT2D eigenvalue weighted by Gasteiger charge is -2.27. The highest BCUT2D eigenvalue weighted by atomic mass is 32.2. The van der Waals surface area contributed by atoms with Crippen molar-refractivity contribution in [1.82, 2.24) is 25.1 Å². The largest absolute Gasteiger partial charge is 0.465 e. The summed E-state index contributed by atoms with van der Waals surface area (Å²) in [6.07, 6.45) is 1.76. The monoisotopic (exact) mass is 372 g/mol. The number of aromatic nitrogens is 4. The molecule has 1 N–H and O–H groups in total. The number of nitrogens with zero attached hydrogens (tertiary/aromatic N) is 5. The number of aryl methyl sites for hydroxylation is 2. The van der Waals surface area contributed by atoms with Crippen molar-refractivity contribution in [1.29, 1.82) is 0 Å². The summed E-state index contributed by atoms with van der Waals surface area (Å²) < 4.78 is 7.16. The van der Waals surface area contributed by atoms with Crippen molar-refractivity contribution >= 4 is 34.5 Å². The van der Waals surface area contributed by atoms with Crippen LogP contribution in [0, 0.1) is 6.92 Å². The molecule has 4 heterocycles. The fourth-order valence-electron chi connectivity index (χ4n) is 2.95. The van der Waals surface area contributed by atoms with Crippen LogP contribution < -0.4 is 10.2 Å². The Labute approximate surface area is 155 Å². The average Bonchev–Trinajstić information content (AvgIpc) is 3.25. The second-order valence-electron chi connectivity index (χ2n) is 6.17. The van der Waals surface area contributed by atoms with E-state index in [-0.39, 0.29) is 11.7 Å². The van der Waals surface area contributed by atoms with E-state index in [2.05, 4.69) is 25.3 Å². The van der Waals surface area contributed by atoms with Gasteiger partial charge < -0.3 is 14.6 Å². The van der Waals surface area contributed by atoms with E-state index < -0.39 is 0 Å². The third kappa shape index (κ3) is 3.26. The summed E-state index contributed by atoms with van der Waals surface area (Å²) in [6.45, 7) is 3.97. The third-order valence-corrected chi connectivity index (χ3v) is 5.25. The maximum atomic E-state index is 12.6. The van der Waals surface area contributed by atoms with E-state index in [1.165, 1.54) is 0 Å². The maximum Gasteiger partial charge on any atom is 0.289 e. The molecule has 0 aliphatic carbocycles. The summed E-state index contributed by atoms with van der Waals surface area (Å²) in [7, 11) is 1.82. The molecule has 1 amide bonds. The van der Waals surface area contributed by atoms with Gasteiger partial charge in [-0.05, 0) is 19.1 Å². The van der Waals surface area contributed by atoms with E-state index in [0.717, 1.165) is 41.6 Å². The Morgan fingerprint density at radius 2 is 2.12 bits per heavy atom. The van der Waals surface area contributed by atoms with Crippen molar-refractivity contribution in [3.8, 4) is 0 Å². The second kappa shape index (κ2) is 6.99. The minimum atomic E-state index is -0.324. The fraction of sp³-hybridized carbons (Fsp3) is 0.412. The van der Waals surface area contributed by atoms with Gasteiger partial charge in [-0.25, -0.2) is 9.97 Å². The van der Waals surface area contributed by atoms with Gasteiger partial charge in [0, 0.05) is 31.6 Å². The Bertz CT molecular complexity index is 944. The van der Waals surface area contributed by atoms with Crippen molar-refractivity contribution < 1.29 is 9.21 Å². The molecule has 0 bridgehead atoms. The number of anilines is 1. The highest BCUT2D eigenvalue weighted by molar-refractivity contribution is 7.99. The van der Waals surface area contributed by atoms with Crippen LogP contribution >= 0.6 is 11.8 Å². The Kier molecular flexibility index (Phi) is 4.54. The first-order valence-corrected chi connectivity index (χ1v) is 9.63. The number of fused-ring (bicyclic) bond motifs is 1. The Hall–Kier alpha value is -2.55. The fourth-order valence-corrected chi connectivity index (χ4v) is 3.85. The molecule has 26 heavy (non-hydrogen) atoms. The van der Waals surface area contributed by atoms with Gasteiger partial charge in [-0.15, -0.1) is 0 Å². The van der Waals surface area contributed by atoms with Crippen LogP contribution in [-0.4, -0.2) is 50.3 Å². The normalized spacial score (nSPS) is 14.8. The minimum absolute atomic E-state index is 0.151. The maximum absolute atomic E-state index is 12.6. The van der Waals surface area contributed by atoms with Crippen molar-refractivity contribution in [3.63, 3.8) is 0 Å². The number of rotatable bonds is 4. The summed E-state index contributed by atoms with van der Waals surface area (Å²) in [5.74, 6) is 4.21. The molecule has 1 fully saturated rings. The summed E-state index contributed by atoms with van der Waals surface area (Å²) in [6, 6.07) is 3.71. The number of thioether (sulfide) groups is 1. The Morgan fingerprint density at radius 1 is 1.31 bits per heavy atom. The molecule has 1 saturated heterocycles. The van der Waals surface area contributed by atoms with E-state index in [4.69, 9.17) is 4.42 Å². The number of carbonyl (C=O) groups is 1. The van der Waals surface area contributed by atoms with Gasteiger partial charge in [-0.2, -0.15) is 16.9 Å². The van der Waals surface area contributed by atoms with Crippen LogP contribution in [0.2, 0.25) is 0 Å². The number of nitrogens with one attached hydrogen (secondary N) is 1. The Morgan fingerprint density at radius 3 is 2.85 bits per heavy atom. The topological polar surface area (TPSA) is 89.1 Å². The number of amides is 1. The van der Waals surface area contributed by atoms with Crippen LogP contribution in [0.1, 0.15) is 22.1 Å². The van der Waals surface area contributed by atoms with E-state index in [9.17, 15) is 4.79 Å². The van der Waals surface area contributed by atoms with Gasteiger partial charge in [-0.1, -0.05) is 0 Å². The first-order chi connectivity index (χ1) is 12.6. The van der Waals surface area contributed by atoms with E-state index in [0.29, 0.717) is 18.0 Å². The zero-order valence-electron chi connectivity index (χ0n) is 14.7. The van der Waals surface area contributed by atoms with Gasteiger partial charge in [0.1, 0.15) is 17.3 Å². The van der Waals surface area contributed by atoms with Gasteiger partial charge >= 0.3 is 0 Å². The second-order valence-corrected chi connectivity index (χ2v) is 7.40. The molecular formula is C17H20N6O2S. The van der Waals surface area contributed by atoms with Crippen LogP contribution in [0.3, 0.4) is 0 Å². The number of hydrogen-bond acceptors (Lipinski definition) is 7. The van der Waals surface area contributed by atoms with Crippen molar-refractivity contribution in [3.05, 3.63) is 35.7 Å². The van der Waals surface area contributed by atoms with Crippen LogP contribution in [0.15, 0.2) is 22.7 Å². The average molecular weight is 372 g/mol. The summed E-state index contributed by atoms with van der Waals surface area (Å²) in [5.41, 5.74) is 0.659. The summed E-state index contributed by atoms with van der Waals surface area (Å²) in [4.78, 5) is 23.8. The lowest BCUT2D eigenvalue weighted by atomic mass is 10.3. The smallest absolute Gasteiger partial charge is 0.289 e. The molecule has 3 aromatic heterocycles. The van der Waals surface area contributed by atoms with Crippen molar-refractivity contribution in [2.75, 3.05) is 29.5 Å². The van der Waals surface area contributed by atoms with E-state index in [1.54, 1.807) is 10.9 Å². The molecule has 3 aromatic rings. The highest BCUT2D eigenvalue weighted by Crippen LogP contribution is 2.25. The number of carbonyl (C=O) groups excluding carboxylic acids is 1. The summed E-state index contributed by atoms with van der Waals surface area (Å²) in [5, 5.41) is 7.98. The zero-order valence-corrected chi connectivity index (χ0v) is 15.5. The molecule has 9 heteroatoms. The summed E-state index contributed by atoms with van der Waals surface area (Å²) >= 11 is 1.93. The lowest BCUT2D eigenvalue weighted by molar-refractivity contribution is 0.0938. The molecule has 0 spiro atoms. The molecule has 0 radical (unpaired) electrons. The van der Waals surface area contributed by atoms with Crippen LogP contribution in [0.25, 0.3) is 11.0 Å². The van der Waals surface area contributed by atoms with Crippen molar-refractivity contribution in [2.45, 2.75) is 13.5 Å². The van der Waals surface area contributed by atoms with Gasteiger partial charge in [0.15, 0.2) is 5.65 Å². The molecule has 4 rings (SSSR count). The zero-order chi connectivity index (χ0) is 18.1. The Balaban J connectivity index is 1.63. The van der Waals surface area contributed by atoms with Crippen molar-refractivity contribution in [2.24, 2.45) is 7.05 Å². The molecule has 1 aliphatic rings. The van der Waals surface area contributed by atoms with Gasteiger partial charge in [-0.3, -0.25) is 9.48 Å². The molecule has 1 aliphatic heterocycles. The number of hydrogen-bond donors (Lipinski definition) is 1. The van der Waals surface area contributed by atoms with Crippen LogP contribution in [0.5, 0.6) is 0 Å². The minimum Gasteiger partial charge on any atom is -0.465 e. The van der Waals surface area contributed by atoms with Gasteiger partial charge in [0.05, 0.1) is 18.1 Å². The molecule has 0 unspecified atom stereocenters. The molecule has 136 valence electrons. The highest BCUT2D eigenvalue weighted by Gasteiger charge is 2.21. The van der Waals surface area contributed by atoms with Crippen LogP contribution in [0.4, 0.5) is 5.82 Å². The molecule has 0 atom stereocenters. The van der Waals surface area contributed by atoms with Crippen LogP contribution in [-0.2, 0) is 13.6 Å². The predicted molar refractivity (Wildman–Crippen MR) is 100 cm³/mol. The molecular weight excluding hydrogens is 352 g/mol. The standard InChI is InChI=1S/C17H20N6O2S/c1-11-3-4-12(25-11)9-18-17(24)14-20-15-13(10-19-22(15)2)16(21-14)23-5-7-26-8-6-23/h3-4,10H,5-9H2,1-2H3,(H,18,24). The lowest BCUT2D eigenvalue weighted by Crippen LogP contribution is -2.34. The van der Waals surface area contributed by atoms with E-state index in [1.807, 2.05) is 37.9 Å². The third-order valence-electron chi connectivity index (χ3n) is 4.30. The molecule has 8 nitrogen and oxygen atoms in total. The van der Waals surface area contributed by atoms with Gasteiger partial charge in [0.25, 0.3) is 5.91 Å². The predicted octanol–water partition coefficient (Wildman–Crippen LogP) is 1.75. The quantitative estimate of drug-likeness (QED) is 0.746.